The van der Waals surface area contributed by atoms with Crippen molar-refractivity contribution in [3.8, 4) is 17.4 Å². The van der Waals surface area contributed by atoms with Crippen LogP contribution in [-0.2, 0) is 11.0 Å². The number of alkyl halides is 3. The van der Waals surface area contributed by atoms with Gasteiger partial charge >= 0.3 is 6.18 Å². The second kappa shape index (κ2) is 9.69. The number of rotatable bonds is 7. The Morgan fingerprint density at radius 2 is 1.81 bits per heavy atom. The van der Waals surface area contributed by atoms with Crippen LogP contribution in [0.25, 0.3) is 10.3 Å². The Labute approximate surface area is 212 Å². The fourth-order valence-electron chi connectivity index (χ4n) is 3.45. The molecule has 2 N–H and O–H groups in total. The van der Waals surface area contributed by atoms with Gasteiger partial charge in [-0.05, 0) is 49.2 Å². The largest absolute Gasteiger partial charge is 0.493 e. The first kappa shape index (κ1) is 24.5. The lowest BCUT2D eigenvalue weighted by Gasteiger charge is -2.13. The van der Waals surface area contributed by atoms with Gasteiger partial charge in [0.05, 0.1) is 12.7 Å². The summed E-state index contributed by atoms with van der Waals surface area (Å²) >= 11 is 1.21. The highest BCUT2D eigenvalue weighted by atomic mass is 32.1. The Morgan fingerprint density at radius 3 is 2.54 bits per heavy atom. The molecule has 4 aromatic rings. The van der Waals surface area contributed by atoms with E-state index in [4.69, 9.17) is 9.47 Å². The van der Waals surface area contributed by atoms with Crippen molar-refractivity contribution in [3.05, 3.63) is 65.7 Å². The standard InChI is InChI=1S/C25H19F3N4O4S/c1-35-18-9-7-16(29-22(34)14-3-2-4-15(11-14)25(26,27)28)12-19(18)36-20-10-8-17-23(31-20)37-24(30-17)32-21(33)13-5-6-13/h2-4,7-13H,5-6H2,1H3,(H,29,34)(H,30,32,33). The topological polar surface area (TPSA) is 102 Å². The minimum Gasteiger partial charge on any atom is -0.493 e. The minimum atomic E-state index is -4.56. The first-order valence-corrected chi connectivity index (χ1v) is 11.9. The van der Waals surface area contributed by atoms with Crippen LogP contribution >= 0.6 is 11.3 Å². The van der Waals surface area contributed by atoms with Gasteiger partial charge in [0.1, 0.15) is 10.3 Å². The van der Waals surface area contributed by atoms with Gasteiger partial charge in [-0.1, -0.05) is 17.4 Å². The average Bonchev–Trinajstić information content (AvgIpc) is 3.64. The summed E-state index contributed by atoms with van der Waals surface area (Å²) in [6.07, 6.45) is -2.80. The third-order valence-corrected chi connectivity index (χ3v) is 6.38. The van der Waals surface area contributed by atoms with Crippen molar-refractivity contribution in [1.29, 1.82) is 0 Å². The van der Waals surface area contributed by atoms with E-state index in [0.29, 0.717) is 21.2 Å². The van der Waals surface area contributed by atoms with E-state index in [2.05, 4.69) is 20.6 Å². The molecule has 2 amide bonds. The molecule has 8 nitrogen and oxygen atoms in total. The van der Waals surface area contributed by atoms with Gasteiger partial charge in [-0.2, -0.15) is 13.2 Å². The van der Waals surface area contributed by atoms with Gasteiger partial charge < -0.3 is 20.1 Å². The van der Waals surface area contributed by atoms with Crippen LogP contribution in [0.5, 0.6) is 17.4 Å². The lowest BCUT2D eigenvalue weighted by Crippen LogP contribution is -2.14. The molecule has 1 aliphatic carbocycles. The minimum absolute atomic E-state index is 0.0488. The molecule has 5 rings (SSSR count). The first-order valence-electron chi connectivity index (χ1n) is 11.1. The van der Waals surface area contributed by atoms with E-state index in [1.165, 1.54) is 42.7 Å². The molecule has 0 atom stereocenters. The molecule has 0 bridgehead atoms. The summed E-state index contributed by atoms with van der Waals surface area (Å²) < 4.78 is 50.2. The predicted molar refractivity (Wildman–Crippen MR) is 131 cm³/mol. The molecule has 12 heteroatoms. The van der Waals surface area contributed by atoms with Gasteiger partial charge in [-0.25, -0.2) is 9.97 Å². The van der Waals surface area contributed by atoms with Crippen LogP contribution in [0, 0.1) is 5.92 Å². The van der Waals surface area contributed by atoms with Crippen molar-refractivity contribution in [2.24, 2.45) is 5.92 Å². The lowest BCUT2D eigenvalue weighted by atomic mass is 10.1. The smallest absolute Gasteiger partial charge is 0.416 e. The number of benzene rings is 2. The number of nitrogens with zero attached hydrogens (tertiary/aromatic N) is 2. The van der Waals surface area contributed by atoms with E-state index in [0.717, 1.165) is 25.0 Å². The number of methoxy groups -OCH3 is 1. The molecule has 0 aliphatic heterocycles. The Balaban J connectivity index is 1.34. The summed E-state index contributed by atoms with van der Waals surface area (Å²) in [5, 5.41) is 5.82. The number of nitrogens with one attached hydrogen (secondary N) is 2. The molecule has 2 aromatic carbocycles. The van der Waals surface area contributed by atoms with Crippen molar-refractivity contribution >= 4 is 44.3 Å². The predicted octanol–water partition coefficient (Wildman–Crippen LogP) is 6.11. The second-order valence-electron chi connectivity index (χ2n) is 8.26. The maximum atomic E-state index is 13.0. The molecule has 0 saturated heterocycles. The van der Waals surface area contributed by atoms with Crippen LogP contribution < -0.4 is 20.1 Å². The van der Waals surface area contributed by atoms with Gasteiger partial charge in [0, 0.05) is 29.3 Å². The van der Waals surface area contributed by atoms with Crippen molar-refractivity contribution < 1.29 is 32.2 Å². The average molecular weight is 529 g/mol. The van der Waals surface area contributed by atoms with Crippen LogP contribution in [-0.4, -0.2) is 28.9 Å². The van der Waals surface area contributed by atoms with Gasteiger partial charge in [0.25, 0.3) is 5.91 Å². The Bertz CT molecular complexity index is 1500. The van der Waals surface area contributed by atoms with Crippen LogP contribution in [0.15, 0.2) is 54.6 Å². The molecule has 2 heterocycles. The van der Waals surface area contributed by atoms with E-state index in [1.54, 1.807) is 18.2 Å². The molecule has 37 heavy (non-hydrogen) atoms. The van der Waals surface area contributed by atoms with Gasteiger partial charge in [0.2, 0.25) is 11.8 Å². The number of halogens is 3. The summed E-state index contributed by atoms with van der Waals surface area (Å²) in [4.78, 5) is 34.0. The summed E-state index contributed by atoms with van der Waals surface area (Å²) in [5.41, 5.74) is -0.187. The lowest BCUT2D eigenvalue weighted by molar-refractivity contribution is -0.137. The number of hydrogen-bond acceptors (Lipinski definition) is 7. The highest BCUT2D eigenvalue weighted by Gasteiger charge is 2.31. The third-order valence-electron chi connectivity index (χ3n) is 5.50. The van der Waals surface area contributed by atoms with Crippen molar-refractivity contribution in [2.45, 2.75) is 19.0 Å². The van der Waals surface area contributed by atoms with Crippen LogP contribution in [0.2, 0.25) is 0 Å². The molecular weight excluding hydrogens is 509 g/mol. The number of aromatic nitrogens is 2. The summed E-state index contributed by atoms with van der Waals surface area (Å²) in [6.45, 7) is 0. The number of ether oxygens (including phenoxy) is 2. The van der Waals surface area contributed by atoms with Gasteiger partial charge in [0.15, 0.2) is 16.6 Å². The van der Waals surface area contributed by atoms with E-state index in [1.807, 2.05) is 0 Å². The summed E-state index contributed by atoms with van der Waals surface area (Å²) in [7, 11) is 1.44. The highest BCUT2D eigenvalue weighted by Crippen LogP contribution is 2.36. The Morgan fingerprint density at radius 1 is 1.00 bits per heavy atom. The number of amides is 2. The zero-order chi connectivity index (χ0) is 26.2. The van der Waals surface area contributed by atoms with Crippen molar-refractivity contribution in [2.75, 3.05) is 17.7 Å². The Hall–Kier alpha value is -4.19. The molecular formula is C25H19F3N4O4S. The number of thiazole rings is 1. The number of carbonyl (C=O) groups is 2. The Kier molecular flexibility index (Phi) is 6.42. The maximum absolute atomic E-state index is 13.0. The van der Waals surface area contributed by atoms with Crippen LogP contribution in [0.4, 0.5) is 24.0 Å². The maximum Gasteiger partial charge on any atom is 0.416 e. The van der Waals surface area contributed by atoms with E-state index in [9.17, 15) is 22.8 Å². The van der Waals surface area contributed by atoms with Crippen molar-refractivity contribution in [3.63, 3.8) is 0 Å². The first-order chi connectivity index (χ1) is 17.7. The SMILES string of the molecule is COc1ccc(NC(=O)c2cccc(C(F)(F)F)c2)cc1Oc1ccc2nc(NC(=O)C3CC3)sc2n1. The monoisotopic (exact) mass is 528 g/mol. The van der Waals surface area contributed by atoms with Crippen LogP contribution in [0.1, 0.15) is 28.8 Å². The number of hydrogen-bond donors (Lipinski definition) is 2. The van der Waals surface area contributed by atoms with E-state index >= 15 is 0 Å². The van der Waals surface area contributed by atoms with Crippen LogP contribution in [0.3, 0.4) is 0 Å². The molecule has 190 valence electrons. The van der Waals surface area contributed by atoms with Gasteiger partial charge in [-0.3, -0.25) is 9.59 Å². The fraction of sp³-hybridized carbons (Fsp3) is 0.200. The summed E-state index contributed by atoms with van der Waals surface area (Å²) in [5.74, 6) is 0.0728. The number of carbonyl (C=O) groups excluding carboxylic acids is 2. The molecule has 0 radical (unpaired) electrons. The van der Waals surface area contributed by atoms with E-state index in [-0.39, 0.29) is 34.7 Å². The normalized spacial score (nSPS) is 13.3. The zero-order valence-corrected chi connectivity index (χ0v) is 20.1. The van der Waals surface area contributed by atoms with Gasteiger partial charge in [-0.15, -0.1) is 0 Å². The van der Waals surface area contributed by atoms with E-state index < -0.39 is 17.6 Å². The number of pyridine rings is 1. The van der Waals surface area contributed by atoms with Crippen molar-refractivity contribution in [1.82, 2.24) is 9.97 Å². The number of fused-ring (bicyclic) bond motifs is 1. The third kappa shape index (κ3) is 5.64. The molecule has 1 fully saturated rings. The molecule has 0 unspecified atom stereocenters. The molecule has 1 aliphatic rings. The fourth-order valence-corrected chi connectivity index (χ4v) is 4.28. The summed E-state index contributed by atoms with van der Waals surface area (Å²) in [6, 6.07) is 12.0. The second-order valence-corrected chi connectivity index (χ2v) is 9.23. The highest BCUT2D eigenvalue weighted by molar-refractivity contribution is 7.21. The molecule has 2 aromatic heterocycles. The molecule has 0 spiro atoms. The number of anilines is 2. The zero-order valence-electron chi connectivity index (χ0n) is 19.3. The molecule has 1 saturated carbocycles. The quantitative estimate of drug-likeness (QED) is 0.300.